The topological polar surface area (TPSA) is 34.1 Å². The predicted molar refractivity (Wildman–Crippen MR) is 41.4 cm³/mol. The molecule has 0 fully saturated rings. The average molecular weight is 166 g/mol. The van der Waals surface area contributed by atoms with Crippen LogP contribution in [0.25, 0.3) is 0 Å². The van der Waals surface area contributed by atoms with E-state index in [1.807, 2.05) is 0 Å². The molecule has 0 N–H and O–H groups in total. The fourth-order valence-corrected chi connectivity index (χ4v) is 0.829. The summed E-state index contributed by atoms with van der Waals surface area (Å²) >= 11 is 0. The Morgan fingerprint density at radius 2 is 1.92 bits per heavy atom. The summed E-state index contributed by atoms with van der Waals surface area (Å²) in [6, 6.07) is 5.11. The van der Waals surface area contributed by atoms with Crippen molar-refractivity contribution in [1.82, 2.24) is 0 Å². The summed E-state index contributed by atoms with van der Waals surface area (Å²) in [5, 5.41) is 0. The molecule has 1 aromatic rings. The number of ketones is 1. The van der Waals surface area contributed by atoms with Gasteiger partial charge in [-0.1, -0.05) is 0 Å². The van der Waals surface area contributed by atoms with Crippen LogP contribution in [0.2, 0.25) is 0 Å². The summed E-state index contributed by atoms with van der Waals surface area (Å²) in [6.07, 6.45) is 0.386. The Kier molecular flexibility index (Phi) is 2.69. The maximum Gasteiger partial charge on any atom is 0.169 e. The van der Waals surface area contributed by atoms with Gasteiger partial charge in [-0.15, -0.1) is 0 Å². The molecule has 0 aliphatic carbocycles. The Balaban J connectivity index is 2.82. The lowest BCUT2D eigenvalue weighted by Gasteiger charge is -1.94. The minimum atomic E-state index is -0.391. The number of Topliss-reactive ketones (excluding diaryl/α,β-unsaturated/α-hetero) is 1. The molecule has 12 heavy (non-hydrogen) atoms. The second kappa shape index (κ2) is 3.76. The van der Waals surface area contributed by atoms with Crippen LogP contribution in [-0.4, -0.2) is 12.1 Å². The van der Waals surface area contributed by atoms with Crippen LogP contribution in [0, 0.1) is 5.82 Å². The Hall–Kier alpha value is -1.51. The Morgan fingerprint density at radius 1 is 1.33 bits per heavy atom. The zero-order valence-corrected chi connectivity index (χ0v) is 6.29. The van der Waals surface area contributed by atoms with Crippen LogP contribution in [0.3, 0.4) is 0 Å². The van der Waals surface area contributed by atoms with Gasteiger partial charge in [-0.25, -0.2) is 4.39 Å². The van der Waals surface area contributed by atoms with E-state index in [0.717, 1.165) is 0 Å². The van der Waals surface area contributed by atoms with Crippen molar-refractivity contribution in [1.29, 1.82) is 0 Å². The number of hydrogen-bond acceptors (Lipinski definition) is 2. The average Bonchev–Trinajstić information content (AvgIpc) is 2.06. The monoisotopic (exact) mass is 166 g/mol. The fourth-order valence-electron chi connectivity index (χ4n) is 0.829. The third-order valence-corrected chi connectivity index (χ3v) is 1.43. The van der Waals surface area contributed by atoms with Gasteiger partial charge < -0.3 is 4.79 Å². The molecule has 0 amide bonds. The Labute approximate surface area is 69.0 Å². The number of rotatable bonds is 3. The molecule has 3 heteroatoms. The second-order valence-electron chi connectivity index (χ2n) is 2.30. The van der Waals surface area contributed by atoms with Crippen molar-refractivity contribution in [3.05, 3.63) is 35.6 Å². The van der Waals surface area contributed by atoms with E-state index in [-0.39, 0.29) is 12.2 Å². The van der Waals surface area contributed by atoms with Gasteiger partial charge in [-0.3, -0.25) is 4.79 Å². The number of hydrogen-bond donors (Lipinski definition) is 0. The van der Waals surface area contributed by atoms with E-state index in [0.29, 0.717) is 11.8 Å². The number of carbonyl (C=O) groups excluding carboxylic acids is 2. The smallest absolute Gasteiger partial charge is 0.169 e. The highest BCUT2D eigenvalue weighted by Gasteiger charge is 2.03. The minimum absolute atomic E-state index is 0.147. The van der Waals surface area contributed by atoms with Crippen LogP contribution < -0.4 is 0 Å². The standard InChI is InChI=1S/C9H7FO2/c10-8-3-1-7(2-4-8)9(12)5-6-11/h1-4,6H,5H2. The molecule has 0 saturated heterocycles. The van der Waals surface area contributed by atoms with Gasteiger partial charge in [0, 0.05) is 5.56 Å². The number of carbonyl (C=O) groups is 2. The molecular formula is C9H7FO2. The number of halogens is 1. The molecule has 1 aromatic carbocycles. The van der Waals surface area contributed by atoms with Gasteiger partial charge in [0.2, 0.25) is 0 Å². The van der Waals surface area contributed by atoms with Crippen molar-refractivity contribution in [2.24, 2.45) is 0 Å². The SMILES string of the molecule is O=CCC(=O)c1ccc(F)cc1. The quantitative estimate of drug-likeness (QED) is 0.388. The zero-order valence-electron chi connectivity index (χ0n) is 6.29. The van der Waals surface area contributed by atoms with Crippen molar-refractivity contribution in [3.8, 4) is 0 Å². The van der Waals surface area contributed by atoms with Crippen molar-refractivity contribution < 1.29 is 14.0 Å². The van der Waals surface area contributed by atoms with Crippen molar-refractivity contribution in [3.63, 3.8) is 0 Å². The van der Waals surface area contributed by atoms with Crippen LogP contribution in [0.4, 0.5) is 4.39 Å². The molecule has 0 atom stereocenters. The van der Waals surface area contributed by atoms with E-state index in [2.05, 4.69) is 0 Å². The van der Waals surface area contributed by atoms with E-state index in [1.54, 1.807) is 0 Å². The predicted octanol–water partition coefficient (Wildman–Crippen LogP) is 1.60. The van der Waals surface area contributed by atoms with E-state index in [4.69, 9.17) is 0 Å². The summed E-state index contributed by atoms with van der Waals surface area (Å²) in [6.45, 7) is 0. The molecule has 1 rings (SSSR count). The van der Waals surface area contributed by atoms with Crippen LogP contribution in [0.5, 0.6) is 0 Å². The molecule has 0 heterocycles. The fraction of sp³-hybridized carbons (Fsp3) is 0.111. The van der Waals surface area contributed by atoms with Crippen molar-refractivity contribution >= 4 is 12.1 Å². The zero-order chi connectivity index (χ0) is 8.97. The lowest BCUT2D eigenvalue weighted by Crippen LogP contribution is -1.98. The van der Waals surface area contributed by atoms with Crippen LogP contribution in [0.15, 0.2) is 24.3 Å². The van der Waals surface area contributed by atoms with E-state index in [1.165, 1.54) is 24.3 Å². The van der Waals surface area contributed by atoms with Gasteiger partial charge in [0.25, 0.3) is 0 Å². The van der Waals surface area contributed by atoms with Gasteiger partial charge in [0.1, 0.15) is 12.1 Å². The van der Waals surface area contributed by atoms with E-state index < -0.39 is 5.82 Å². The van der Waals surface area contributed by atoms with Crippen molar-refractivity contribution in [2.75, 3.05) is 0 Å². The number of benzene rings is 1. The first-order chi connectivity index (χ1) is 5.74. The summed E-state index contributed by atoms with van der Waals surface area (Å²) < 4.78 is 12.4. The molecule has 0 saturated carbocycles. The molecule has 2 nitrogen and oxygen atoms in total. The van der Waals surface area contributed by atoms with Gasteiger partial charge in [-0.05, 0) is 24.3 Å². The molecule has 0 unspecified atom stereocenters. The van der Waals surface area contributed by atoms with E-state index in [9.17, 15) is 14.0 Å². The highest BCUT2D eigenvalue weighted by Crippen LogP contribution is 2.04. The largest absolute Gasteiger partial charge is 0.303 e. The highest BCUT2D eigenvalue weighted by molar-refractivity contribution is 6.02. The van der Waals surface area contributed by atoms with Gasteiger partial charge in [-0.2, -0.15) is 0 Å². The molecule has 0 aliphatic rings. The van der Waals surface area contributed by atoms with Gasteiger partial charge >= 0.3 is 0 Å². The van der Waals surface area contributed by atoms with Gasteiger partial charge in [0.05, 0.1) is 6.42 Å². The Morgan fingerprint density at radius 3 is 2.42 bits per heavy atom. The van der Waals surface area contributed by atoms with Crippen LogP contribution >= 0.6 is 0 Å². The van der Waals surface area contributed by atoms with Crippen molar-refractivity contribution in [2.45, 2.75) is 6.42 Å². The highest BCUT2D eigenvalue weighted by atomic mass is 19.1. The maximum absolute atomic E-state index is 12.4. The third kappa shape index (κ3) is 1.99. The molecule has 0 aliphatic heterocycles. The molecule has 0 radical (unpaired) electrons. The maximum atomic E-state index is 12.4. The number of aldehydes is 1. The molecular weight excluding hydrogens is 159 g/mol. The molecule has 0 aromatic heterocycles. The molecule has 0 spiro atoms. The van der Waals surface area contributed by atoms with E-state index >= 15 is 0 Å². The first kappa shape index (κ1) is 8.59. The second-order valence-corrected chi connectivity index (χ2v) is 2.30. The lowest BCUT2D eigenvalue weighted by molar-refractivity contribution is -0.107. The lowest BCUT2D eigenvalue weighted by atomic mass is 10.1. The summed E-state index contributed by atoms with van der Waals surface area (Å²) in [7, 11) is 0. The third-order valence-electron chi connectivity index (χ3n) is 1.43. The normalized spacial score (nSPS) is 9.42. The first-order valence-corrected chi connectivity index (χ1v) is 3.46. The van der Waals surface area contributed by atoms with Crippen LogP contribution in [-0.2, 0) is 4.79 Å². The van der Waals surface area contributed by atoms with Crippen LogP contribution in [0.1, 0.15) is 16.8 Å². The summed E-state index contributed by atoms with van der Waals surface area (Å²) in [5.41, 5.74) is 0.364. The molecule has 62 valence electrons. The Bertz CT molecular complexity index is 290. The summed E-state index contributed by atoms with van der Waals surface area (Å²) in [5.74, 6) is -0.678. The minimum Gasteiger partial charge on any atom is -0.303 e. The summed E-state index contributed by atoms with van der Waals surface area (Å²) in [4.78, 5) is 21.0. The first-order valence-electron chi connectivity index (χ1n) is 3.46. The molecule has 0 bridgehead atoms. The van der Waals surface area contributed by atoms with Gasteiger partial charge in [0.15, 0.2) is 5.78 Å².